The first-order valence-electron chi connectivity index (χ1n) is 5.40. The first-order chi connectivity index (χ1) is 7.61. The molecule has 6 nitrogen and oxygen atoms in total. The van der Waals surface area contributed by atoms with Crippen LogP contribution in [0.25, 0.3) is 0 Å². The molecule has 1 saturated heterocycles. The molecule has 1 aliphatic heterocycles. The molecule has 0 bridgehead atoms. The van der Waals surface area contributed by atoms with E-state index in [1.807, 2.05) is 0 Å². The second kappa shape index (κ2) is 4.67. The minimum absolute atomic E-state index is 0.0460. The zero-order valence-electron chi connectivity index (χ0n) is 8.78. The fraction of sp³-hybridized carbons (Fsp3) is 0.900. The SMILES string of the molecule is O=C1C[C@H]2[C@H](OCC(O)CO)[C@@H](O)C[C@H]2O1. The maximum absolute atomic E-state index is 11.1. The summed E-state index contributed by atoms with van der Waals surface area (Å²) in [5.41, 5.74) is 0. The van der Waals surface area contributed by atoms with E-state index < -0.39 is 18.3 Å². The van der Waals surface area contributed by atoms with Crippen LogP contribution in [-0.2, 0) is 14.3 Å². The third-order valence-corrected chi connectivity index (χ3v) is 3.13. The lowest BCUT2D eigenvalue weighted by molar-refractivity contribution is -0.142. The van der Waals surface area contributed by atoms with E-state index >= 15 is 0 Å². The second-order valence-corrected chi connectivity index (χ2v) is 4.33. The molecule has 0 aromatic heterocycles. The van der Waals surface area contributed by atoms with E-state index in [0.29, 0.717) is 6.42 Å². The summed E-state index contributed by atoms with van der Waals surface area (Å²) in [4.78, 5) is 11.1. The van der Waals surface area contributed by atoms with Crippen LogP contribution in [0.3, 0.4) is 0 Å². The lowest BCUT2D eigenvalue weighted by Crippen LogP contribution is -2.33. The molecule has 2 rings (SSSR count). The van der Waals surface area contributed by atoms with Crippen molar-refractivity contribution in [1.82, 2.24) is 0 Å². The molecule has 2 aliphatic rings. The number of aliphatic hydroxyl groups is 3. The number of esters is 1. The van der Waals surface area contributed by atoms with E-state index in [2.05, 4.69) is 0 Å². The monoisotopic (exact) mass is 232 g/mol. The van der Waals surface area contributed by atoms with Gasteiger partial charge in [0.1, 0.15) is 12.2 Å². The summed E-state index contributed by atoms with van der Waals surface area (Å²) >= 11 is 0. The zero-order valence-corrected chi connectivity index (χ0v) is 8.78. The summed E-state index contributed by atoms with van der Waals surface area (Å²) in [6, 6.07) is 0. The fourth-order valence-electron chi connectivity index (χ4n) is 2.35. The van der Waals surface area contributed by atoms with E-state index in [-0.39, 0.29) is 37.6 Å². The molecular weight excluding hydrogens is 216 g/mol. The molecule has 0 amide bonds. The van der Waals surface area contributed by atoms with Crippen molar-refractivity contribution in [3.63, 3.8) is 0 Å². The third-order valence-electron chi connectivity index (χ3n) is 3.13. The van der Waals surface area contributed by atoms with Crippen LogP contribution < -0.4 is 0 Å². The molecule has 1 saturated carbocycles. The van der Waals surface area contributed by atoms with Crippen LogP contribution in [0, 0.1) is 5.92 Å². The van der Waals surface area contributed by atoms with Crippen molar-refractivity contribution >= 4 is 5.97 Å². The second-order valence-electron chi connectivity index (χ2n) is 4.33. The molecule has 92 valence electrons. The highest BCUT2D eigenvalue weighted by atomic mass is 16.6. The van der Waals surface area contributed by atoms with E-state index in [9.17, 15) is 9.90 Å². The van der Waals surface area contributed by atoms with E-state index in [1.165, 1.54) is 0 Å². The van der Waals surface area contributed by atoms with Gasteiger partial charge in [-0.1, -0.05) is 0 Å². The van der Waals surface area contributed by atoms with Crippen molar-refractivity contribution in [1.29, 1.82) is 0 Å². The standard InChI is InChI=1S/C10H16O6/c11-3-5(12)4-15-10-6-1-9(14)16-8(6)2-7(10)13/h5-8,10-13H,1-4H2/t5?,6-,7+,8-,10+/m1/s1. The lowest BCUT2D eigenvalue weighted by atomic mass is 10.0. The number of carbonyl (C=O) groups excluding carboxylic acids is 1. The van der Waals surface area contributed by atoms with Gasteiger partial charge in [0.15, 0.2) is 0 Å². The van der Waals surface area contributed by atoms with Crippen LogP contribution in [-0.4, -0.2) is 58.9 Å². The summed E-state index contributed by atoms with van der Waals surface area (Å²) in [6.45, 7) is -0.429. The molecule has 6 heteroatoms. The average molecular weight is 232 g/mol. The summed E-state index contributed by atoms with van der Waals surface area (Å²) in [7, 11) is 0. The first-order valence-corrected chi connectivity index (χ1v) is 5.40. The van der Waals surface area contributed by atoms with Crippen molar-refractivity contribution in [2.24, 2.45) is 5.92 Å². The van der Waals surface area contributed by atoms with Crippen molar-refractivity contribution in [2.45, 2.75) is 37.3 Å². The van der Waals surface area contributed by atoms with Crippen molar-refractivity contribution in [2.75, 3.05) is 13.2 Å². The van der Waals surface area contributed by atoms with Crippen molar-refractivity contribution in [3.8, 4) is 0 Å². The molecule has 0 radical (unpaired) electrons. The molecule has 5 atom stereocenters. The number of hydrogen-bond donors (Lipinski definition) is 3. The molecule has 3 N–H and O–H groups in total. The predicted octanol–water partition coefficient (Wildman–Crippen LogP) is -1.58. The number of fused-ring (bicyclic) bond motifs is 1. The summed E-state index contributed by atoms with van der Waals surface area (Å²) < 4.78 is 10.4. The smallest absolute Gasteiger partial charge is 0.306 e. The number of rotatable bonds is 4. The Morgan fingerprint density at radius 1 is 1.56 bits per heavy atom. The molecule has 16 heavy (non-hydrogen) atoms. The molecule has 1 heterocycles. The molecule has 0 aromatic carbocycles. The summed E-state index contributed by atoms with van der Waals surface area (Å²) in [5, 5.41) is 27.5. The Morgan fingerprint density at radius 2 is 2.31 bits per heavy atom. The van der Waals surface area contributed by atoms with Crippen LogP contribution in [0.4, 0.5) is 0 Å². The lowest BCUT2D eigenvalue weighted by Gasteiger charge is -2.21. The van der Waals surface area contributed by atoms with Crippen LogP contribution >= 0.6 is 0 Å². The largest absolute Gasteiger partial charge is 0.462 e. The van der Waals surface area contributed by atoms with E-state index in [4.69, 9.17) is 19.7 Å². The van der Waals surface area contributed by atoms with Gasteiger partial charge in [-0.3, -0.25) is 4.79 Å². The van der Waals surface area contributed by atoms with Gasteiger partial charge in [0.05, 0.1) is 31.8 Å². The molecule has 1 unspecified atom stereocenters. The van der Waals surface area contributed by atoms with Gasteiger partial charge in [-0.25, -0.2) is 0 Å². The van der Waals surface area contributed by atoms with Gasteiger partial charge in [-0.05, 0) is 0 Å². The summed E-state index contributed by atoms with van der Waals surface area (Å²) in [5.74, 6) is -0.397. The quantitative estimate of drug-likeness (QED) is 0.506. The Morgan fingerprint density at radius 3 is 3.00 bits per heavy atom. The van der Waals surface area contributed by atoms with Crippen LogP contribution in [0.2, 0.25) is 0 Å². The van der Waals surface area contributed by atoms with Crippen molar-refractivity contribution < 1.29 is 29.6 Å². The number of hydrogen-bond acceptors (Lipinski definition) is 6. The maximum Gasteiger partial charge on any atom is 0.306 e. The highest BCUT2D eigenvalue weighted by molar-refractivity contribution is 5.72. The van der Waals surface area contributed by atoms with E-state index in [1.54, 1.807) is 0 Å². The third kappa shape index (κ3) is 2.20. The highest BCUT2D eigenvalue weighted by Crippen LogP contribution is 2.38. The normalized spacial score (nSPS) is 39.6. The Hall–Kier alpha value is -0.690. The molecule has 1 aliphatic carbocycles. The van der Waals surface area contributed by atoms with Gasteiger partial charge in [-0.15, -0.1) is 0 Å². The van der Waals surface area contributed by atoms with Crippen LogP contribution in [0.15, 0.2) is 0 Å². The minimum Gasteiger partial charge on any atom is -0.462 e. The van der Waals surface area contributed by atoms with Gasteiger partial charge in [0.25, 0.3) is 0 Å². The Kier molecular flexibility index (Phi) is 3.44. The average Bonchev–Trinajstić information content (AvgIpc) is 2.71. The summed E-state index contributed by atoms with van der Waals surface area (Å²) in [6.07, 6.45) is -1.74. The van der Waals surface area contributed by atoms with Crippen LogP contribution in [0.5, 0.6) is 0 Å². The van der Waals surface area contributed by atoms with Crippen LogP contribution in [0.1, 0.15) is 12.8 Å². The molecule has 0 aromatic rings. The number of carbonyl (C=O) groups is 1. The number of aliphatic hydroxyl groups excluding tert-OH is 3. The van der Waals surface area contributed by atoms with Gasteiger partial charge < -0.3 is 24.8 Å². The zero-order chi connectivity index (χ0) is 11.7. The predicted molar refractivity (Wildman–Crippen MR) is 51.4 cm³/mol. The Bertz CT molecular complexity index is 268. The highest BCUT2D eigenvalue weighted by Gasteiger charge is 2.50. The topological polar surface area (TPSA) is 96.2 Å². The van der Waals surface area contributed by atoms with Gasteiger partial charge >= 0.3 is 5.97 Å². The van der Waals surface area contributed by atoms with E-state index in [0.717, 1.165) is 0 Å². The molecule has 2 fully saturated rings. The number of ether oxygens (including phenoxy) is 2. The minimum atomic E-state index is -0.954. The van der Waals surface area contributed by atoms with Gasteiger partial charge in [0.2, 0.25) is 0 Å². The van der Waals surface area contributed by atoms with Gasteiger partial charge in [-0.2, -0.15) is 0 Å². The maximum atomic E-state index is 11.1. The Labute approximate surface area is 92.8 Å². The Balaban J connectivity index is 1.90. The molecule has 0 spiro atoms. The molecular formula is C10H16O6. The first kappa shape index (κ1) is 11.8. The fourth-order valence-corrected chi connectivity index (χ4v) is 2.35. The van der Waals surface area contributed by atoms with Gasteiger partial charge in [0, 0.05) is 12.3 Å². The van der Waals surface area contributed by atoms with Crippen molar-refractivity contribution in [3.05, 3.63) is 0 Å².